The Labute approximate surface area is 86.7 Å². The Balaban J connectivity index is 2.10. The number of Topliss-reactive ketones (excluding diaryl/α,β-unsaturated/α-hetero) is 1. The van der Waals surface area contributed by atoms with Gasteiger partial charge in [0.25, 0.3) is 0 Å². The number of carbonyl (C=O) groups is 1. The molecule has 3 heteroatoms. The molecule has 1 aliphatic rings. The van der Waals surface area contributed by atoms with Crippen LogP contribution in [0.2, 0.25) is 4.34 Å². The molecule has 0 aliphatic heterocycles. The predicted molar refractivity (Wildman–Crippen MR) is 55.4 cm³/mol. The summed E-state index contributed by atoms with van der Waals surface area (Å²) in [6.45, 7) is 1.70. The van der Waals surface area contributed by atoms with Crippen molar-refractivity contribution in [2.45, 2.75) is 26.2 Å². The molecule has 1 fully saturated rings. The second-order valence-corrected chi connectivity index (χ2v) is 5.31. The van der Waals surface area contributed by atoms with Gasteiger partial charge in [-0.2, -0.15) is 0 Å². The van der Waals surface area contributed by atoms with Crippen LogP contribution in [0.5, 0.6) is 0 Å². The van der Waals surface area contributed by atoms with E-state index in [4.69, 9.17) is 11.6 Å². The van der Waals surface area contributed by atoms with Crippen molar-refractivity contribution in [3.63, 3.8) is 0 Å². The van der Waals surface area contributed by atoms with E-state index in [1.165, 1.54) is 16.9 Å². The number of hydrogen-bond donors (Lipinski definition) is 0. The lowest BCUT2D eigenvalue weighted by atomic mass is 9.94. The van der Waals surface area contributed by atoms with Gasteiger partial charge in [0.15, 0.2) is 0 Å². The third-order valence-electron chi connectivity index (χ3n) is 2.76. The van der Waals surface area contributed by atoms with Gasteiger partial charge in [0.05, 0.1) is 4.34 Å². The first-order chi connectivity index (χ1) is 6.12. The lowest BCUT2D eigenvalue weighted by Gasteiger charge is -2.08. The Morgan fingerprint density at radius 1 is 1.69 bits per heavy atom. The molecule has 0 N–H and O–H groups in total. The largest absolute Gasteiger partial charge is 0.299 e. The fourth-order valence-electron chi connectivity index (χ4n) is 1.63. The average molecular weight is 215 g/mol. The van der Waals surface area contributed by atoms with Crippen LogP contribution in [0.1, 0.15) is 25.3 Å². The molecule has 1 heterocycles. The number of halogens is 1. The maximum Gasteiger partial charge on any atom is 0.136 e. The molecule has 0 atom stereocenters. The molecule has 70 valence electrons. The first-order valence-corrected chi connectivity index (χ1v) is 5.62. The summed E-state index contributed by atoms with van der Waals surface area (Å²) in [4.78, 5) is 11.3. The third kappa shape index (κ3) is 1.79. The van der Waals surface area contributed by atoms with Crippen LogP contribution >= 0.6 is 22.9 Å². The number of ketones is 1. The van der Waals surface area contributed by atoms with Crippen molar-refractivity contribution >= 4 is 28.7 Å². The highest BCUT2D eigenvalue weighted by Gasteiger charge is 2.46. The Hall–Kier alpha value is -0.340. The number of thiophene rings is 1. The van der Waals surface area contributed by atoms with E-state index in [1.807, 2.05) is 11.4 Å². The Morgan fingerprint density at radius 2 is 2.38 bits per heavy atom. The van der Waals surface area contributed by atoms with E-state index in [1.54, 1.807) is 6.92 Å². The van der Waals surface area contributed by atoms with Gasteiger partial charge in [-0.25, -0.2) is 0 Å². The Bertz CT molecular complexity index is 338. The molecule has 1 aromatic rings. The van der Waals surface area contributed by atoms with Gasteiger partial charge in [0.2, 0.25) is 0 Å². The summed E-state index contributed by atoms with van der Waals surface area (Å²) in [5.74, 6) is 0.329. The van der Waals surface area contributed by atoms with Gasteiger partial charge in [0, 0.05) is 5.41 Å². The first-order valence-electron chi connectivity index (χ1n) is 4.36. The van der Waals surface area contributed by atoms with Crippen LogP contribution in [0.4, 0.5) is 0 Å². The van der Waals surface area contributed by atoms with Gasteiger partial charge < -0.3 is 0 Å². The summed E-state index contributed by atoms with van der Waals surface area (Å²) in [6, 6.07) is 1.97. The molecule has 0 amide bonds. The SMILES string of the molecule is CC(=O)C1(Cc2csc(Cl)c2)CC1. The van der Waals surface area contributed by atoms with Crippen molar-refractivity contribution in [1.82, 2.24) is 0 Å². The molecule has 2 rings (SSSR count). The van der Waals surface area contributed by atoms with Crippen molar-refractivity contribution in [2.24, 2.45) is 5.41 Å². The smallest absolute Gasteiger partial charge is 0.136 e. The maximum atomic E-state index is 11.3. The highest BCUT2D eigenvalue weighted by Crippen LogP contribution is 2.49. The topological polar surface area (TPSA) is 17.1 Å². The normalized spacial score (nSPS) is 18.6. The summed E-state index contributed by atoms with van der Waals surface area (Å²) < 4.78 is 0.814. The molecule has 1 nitrogen and oxygen atoms in total. The van der Waals surface area contributed by atoms with Gasteiger partial charge >= 0.3 is 0 Å². The molecule has 0 aromatic carbocycles. The minimum absolute atomic E-state index is 0.0234. The van der Waals surface area contributed by atoms with E-state index in [2.05, 4.69) is 0 Å². The van der Waals surface area contributed by atoms with Gasteiger partial charge in [-0.1, -0.05) is 11.6 Å². The van der Waals surface area contributed by atoms with Crippen LogP contribution in [0.3, 0.4) is 0 Å². The molecular formula is C10H11ClOS. The number of carbonyl (C=O) groups excluding carboxylic acids is 1. The Kier molecular flexibility index (Phi) is 2.20. The predicted octanol–water partition coefficient (Wildman–Crippen LogP) is 3.31. The van der Waals surface area contributed by atoms with Crippen LogP contribution in [-0.4, -0.2) is 5.78 Å². The molecule has 0 bridgehead atoms. The van der Waals surface area contributed by atoms with Gasteiger partial charge in [0.1, 0.15) is 5.78 Å². The Morgan fingerprint density at radius 3 is 2.77 bits per heavy atom. The van der Waals surface area contributed by atoms with E-state index in [-0.39, 0.29) is 5.41 Å². The van der Waals surface area contributed by atoms with Crippen LogP contribution in [0.25, 0.3) is 0 Å². The summed E-state index contributed by atoms with van der Waals surface area (Å²) in [5, 5.41) is 2.05. The maximum absolute atomic E-state index is 11.3. The zero-order valence-electron chi connectivity index (χ0n) is 7.47. The highest BCUT2D eigenvalue weighted by molar-refractivity contribution is 7.14. The number of rotatable bonds is 3. The lowest BCUT2D eigenvalue weighted by molar-refractivity contribution is -0.121. The fraction of sp³-hybridized carbons (Fsp3) is 0.500. The first kappa shape index (κ1) is 9.22. The highest BCUT2D eigenvalue weighted by atomic mass is 35.5. The number of hydrogen-bond acceptors (Lipinski definition) is 2. The van der Waals surface area contributed by atoms with Crippen molar-refractivity contribution in [1.29, 1.82) is 0 Å². The molecular weight excluding hydrogens is 204 g/mol. The van der Waals surface area contributed by atoms with Crippen molar-refractivity contribution in [2.75, 3.05) is 0 Å². The van der Waals surface area contributed by atoms with E-state index in [0.29, 0.717) is 5.78 Å². The van der Waals surface area contributed by atoms with Crippen molar-refractivity contribution in [3.8, 4) is 0 Å². The minimum atomic E-state index is -0.0234. The van der Waals surface area contributed by atoms with Gasteiger partial charge in [-0.3, -0.25) is 4.79 Å². The second-order valence-electron chi connectivity index (χ2n) is 3.77. The van der Waals surface area contributed by atoms with Crippen LogP contribution in [0.15, 0.2) is 11.4 Å². The van der Waals surface area contributed by atoms with Crippen molar-refractivity contribution < 1.29 is 4.79 Å². The summed E-state index contributed by atoms with van der Waals surface area (Å²) in [7, 11) is 0. The summed E-state index contributed by atoms with van der Waals surface area (Å²) in [5.41, 5.74) is 1.19. The molecule has 0 unspecified atom stereocenters. The quantitative estimate of drug-likeness (QED) is 0.755. The third-order valence-corrected chi connectivity index (χ3v) is 3.90. The molecule has 1 aliphatic carbocycles. The minimum Gasteiger partial charge on any atom is -0.299 e. The van der Waals surface area contributed by atoms with Gasteiger partial charge in [-0.15, -0.1) is 11.3 Å². The average Bonchev–Trinajstić information content (AvgIpc) is 2.72. The van der Waals surface area contributed by atoms with E-state index >= 15 is 0 Å². The van der Waals surface area contributed by atoms with E-state index < -0.39 is 0 Å². The molecule has 13 heavy (non-hydrogen) atoms. The second kappa shape index (κ2) is 3.10. The van der Waals surface area contributed by atoms with E-state index in [9.17, 15) is 4.79 Å². The lowest BCUT2D eigenvalue weighted by Crippen LogP contribution is -2.14. The van der Waals surface area contributed by atoms with Crippen LogP contribution in [0, 0.1) is 5.41 Å². The van der Waals surface area contributed by atoms with Crippen LogP contribution < -0.4 is 0 Å². The monoisotopic (exact) mass is 214 g/mol. The van der Waals surface area contributed by atoms with Crippen LogP contribution in [-0.2, 0) is 11.2 Å². The zero-order valence-corrected chi connectivity index (χ0v) is 9.04. The van der Waals surface area contributed by atoms with E-state index in [0.717, 1.165) is 23.6 Å². The zero-order chi connectivity index (χ0) is 9.47. The van der Waals surface area contributed by atoms with Crippen molar-refractivity contribution in [3.05, 3.63) is 21.3 Å². The standard InChI is InChI=1S/C10H11ClOS/c1-7(12)10(2-3-10)5-8-4-9(11)13-6-8/h4,6H,2-3,5H2,1H3. The molecule has 1 aromatic heterocycles. The van der Waals surface area contributed by atoms with Gasteiger partial charge in [-0.05, 0) is 43.2 Å². The summed E-state index contributed by atoms with van der Waals surface area (Å²) in [6.07, 6.45) is 2.98. The summed E-state index contributed by atoms with van der Waals surface area (Å²) >= 11 is 7.36. The molecule has 0 spiro atoms. The fourth-order valence-corrected chi connectivity index (χ4v) is 2.54. The molecule has 0 saturated heterocycles. The molecule has 1 saturated carbocycles. The molecule has 0 radical (unpaired) electrons.